The number of carbonyl (C=O) groups excluding carboxylic acids is 7. The largest absolute Gasteiger partial charge is 0.423 e. The fraction of sp³-hybridized carbons (Fsp3) is 0. The Hall–Kier alpha value is -6.75. The van der Waals surface area contributed by atoms with E-state index >= 15 is 0 Å². The molecule has 6 rings (SSSR count). The Labute approximate surface area is 259 Å². The summed E-state index contributed by atoms with van der Waals surface area (Å²) < 4.78 is 19.7. The van der Waals surface area contributed by atoms with Crippen molar-refractivity contribution in [1.29, 1.82) is 0 Å². The Balaban J connectivity index is 1.00. The summed E-state index contributed by atoms with van der Waals surface area (Å²) in [5.74, 6) is -4.46. The Bertz CT molecular complexity index is 1900. The zero-order chi connectivity index (χ0) is 32.4. The highest BCUT2D eigenvalue weighted by atomic mass is 16.6. The van der Waals surface area contributed by atoms with Crippen LogP contribution < -0.4 is 9.47 Å². The van der Waals surface area contributed by atoms with E-state index < -0.39 is 35.8 Å². The third kappa shape index (κ3) is 6.15. The van der Waals surface area contributed by atoms with E-state index in [1.807, 2.05) is 0 Å². The maximum Gasteiger partial charge on any atom is 0.346 e. The molecule has 0 atom stereocenters. The first-order valence-electron chi connectivity index (χ1n) is 13.5. The Morgan fingerprint density at radius 1 is 0.478 bits per heavy atom. The van der Waals surface area contributed by atoms with Gasteiger partial charge in [0.25, 0.3) is 0 Å². The van der Waals surface area contributed by atoms with Gasteiger partial charge in [0, 0.05) is 0 Å². The molecule has 0 amide bonds. The molecule has 4 aromatic carbocycles. The van der Waals surface area contributed by atoms with Gasteiger partial charge < -0.3 is 18.9 Å². The number of hydrogen-bond acceptors (Lipinski definition) is 11. The molecule has 0 fully saturated rings. The maximum absolute atomic E-state index is 12.5. The van der Waals surface area contributed by atoms with Crippen molar-refractivity contribution >= 4 is 53.8 Å². The number of esters is 6. The van der Waals surface area contributed by atoms with E-state index in [4.69, 9.17) is 9.47 Å². The summed E-state index contributed by atoms with van der Waals surface area (Å²) in [5.41, 5.74) is 1.66. The molecule has 2 heterocycles. The predicted molar refractivity (Wildman–Crippen MR) is 158 cm³/mol. The van der Waals surface area contributed by atoms with Crippen LogP contribution in [0.5, 0.6) is 11.5 Å². The Morgan fingerprint density at radius 2 is 0.848 bits per heavy atom. The van der Waals surface area contributed by atoms with Crippen LogP contribution in [0.4, 0.5) is 0 Å². The van der Waals surface area contributed by atoms with Gasteiger partial charge in [-0.15, -0.1) is 0 Å². The van der Waals surface area contributed by atoms with Gasteiger partial charge in [-0.2, -0.15) is 0 Å². The highest BCUT2D eigenvalue weighted by Gasteiger charge is 2.31. The number of fused-ring (bicyclic) bond motifs is 2. The molecule has 0 radical (unpaired) electrons. The van der Waals surface area contributed by atoms with Crippen LogP contribution in [0, 0.1) is 0 Å². The Kier molecular flexibility index (Phi) is 7.71. The molecule has 4 aromatic rings. The summed E-state index contributed by atoms with van der Waals surface area (Å²) in [5, 5.41) is 0. The molecule has 0 aliphatic carbocycles. The van der Waals surface area contributed by atoms with Gasteiger partial charge in [-0.25, -0.2) is 28.8 Å². The number of ether oxygens (including phenoxy) is 4. The highest BCUT2D eigenvalue weighted by Crippen LogP contribution is 2.24. The first kappa shape index (κ1) is 29.3. The van der Waals surface area contributed by atoms with Gasteiger partial charge >= 0.3 is 35.8 Å². The van der Waals surface area contributed by atoms with Crippen molar-refractivity contribution in [2.45, 2.75) is 0 Å². The van der Waals surface area contributed by atoms with Crippen LogP contribution in [0.2, 0.25) is 0 Å². The van der Waals surface area contributed by atoms with Crippen LogP contribution in [0.1, 0.15) is 73.3 Å². The number of hydrogen-bond donors (Lipinski definition) is 0. The van der Waals surface area contributed by atoms with Gasteiger partial charge in [-0.3, -0.25) is 4.79 Å². The summed E-state index contributed by atoms with van der Waals surface area (Å²) in [4.78, 5) is 84.0. The molecule has 0 N–H and O–H groups in total. The number of carbonyl (C=O) groups is 7. The molecule has 0 bridgehead atoms. The van der Waals surface area contributed by atoms with Crippen molar-refractivity contribution in [2.75, 3.05) is 0 Å². The van der Waals surface area contributed by atoms with Crippen LogP contribution >= 0.6 is 0 Å². The van der Waals surface area contributed by atoms with E-state index in [2.05, 4.69) is 9.47 Å². The van der Waals surface area contributed by atoms with Crippen LogP contribution in [0.15, 0.2) is 97.1 Å². The lowest BCUT2D eigenvalue weighted by Gasteiger charge is -2.05. The molecule has 0 saturated heterocycles. The van der Waals surface area contributed by atoms with Crippen LogP contribution in [0.25, 0.3) is 12.2 Å². The van der Waals surface area contributed by atoms with Crippen molar-refractivity contribution in [3.8, 4) is 11.5 Å². The second-order valence-electron chi connectivity index (χ2n) is 9.86. The number of cyclic esters (lactones) is 4. The van der Waals surface area contributed by atoms with E-state index in [1.54, 1.807) is 36.4 Å². The van der Waals surface area contributed by atoms with E-state index in [0.29, 0.717) is 11.1 Å². The normalized spacial score (nSPS) is 13.4. The molecule has 2 aliphatic rings. The van der Waals surface area contributed by atoms with Gasteiger partial charge in [-0.1, -0.05) is 36.4 Å². The zero-order valence-electron chi connectivity index (χ0n) is 23.4. The minimum absolute atomic E-state index is 0.000378. The topological polar surface area (TPSA) is 156 Å². The van der Waals surface area contributed by atoms with Gasteiger partial charge in [0.05, 0.1) is 33.4 Å². The average molecular weight is 615 g/mol. The lowest BCUT2D eigenvalue weighted by molar-refractivity contribution is -0.110. The summed E-state index contributed by atoms with van der Waals surface area (Å²) in [6, 6.07) is 20.6. The zero-order valence-corrected chi connectivity index (χ0v) is 23.4. The lowest BCUT2D eigenvalue weighted by Crippen LogP contribution is -2.09. The summed E-state index contributed by atoms with van der Waals surface area (Å²) in [6.45, 7) is 0. The molecule has 0 saturated carbocycles. The highest BCUT2D eigenvalue weighted by molar-refractivity contribution is 6.16. The van der Waals surface area contributed by atoms with Crippen molar-refractivity contribution in [3.05, 3.63) is 142 Å². The molecule has 224 valence electrons. The van der Waals surface area contributed by atoms with Crippen molar-refractivity contribution in [3.63, 3.8) is 0 Å². The third-order valence-electron chi connectivity index (χ3n) is 6.82. The molecular weight excluding hydrogens is 596 g/mol. The van der Waals surface area contributed by atoms with Crippen LogP contribution in [-0.2, 0) is 14.3 Å². The maximum atomic E-state index is 12.5. The molecule has 11 nitrogen and oxygen atoms in total. The van der Waals surface area contributed by atoms with Crippen LogP contribution in [0.3, 0.4) is 0 Å². The fourth-order valence-corrected chi connectivity index (χ4v) is 4.46. The predicted octanol–water partition coefficient (Wildman–Crippen LogP) is 5.04. The number of benzene rings is 4. The number of ketones is 1. The fourth-order valence-electron chi connectivity index (χ4n) is 4.46. The van der Waals surface area contributed by atoms with E-state index in [9.17, 15) is 33.6 Å². The van der Waals surface area contributed by atoms with Crippen molar-refractivity contribution in [2.24, 2.45) is 0 Å². The lowest BCUT2D eigenvalue weighted by atomic mass is 10.1. The molecule has 11 heteroatoms. The second-order valence-corrected chi connectivity index (χ2v) is 9.86. The molecule has 0 aromatic heterocycles. The summed E-state index contributed by atoms with van der Waals surface area (Å²) in [6.07, 6.45) is 5.88. The Morgan fingerprint density at radius 3 is 1.24 bits per heavy atom. The SMILES string of the molecule is O=C(/C=C/c1ccc(OC(=O)c2ccc3c(c2)C(=O)OC3=O)cc1)/C=C/c1ccc(OC(=O)c2ccc3c(c2)C(=O)OC3=O)cc1. The third-order valence-corrected chi connectivity index (χ3v) is 6.82. The number of rotatable bonds is 8. The molecule has 46 heavy (non-hydrogen) atoms. The molecule has 2 aliphatic heterocycles. The van der Waals surface area contributed by atoms with Crippen molar-refractivity contribution < 1.29 is 52.5 Å². The minimum atomic E-state index is -0.822. The monoisotopic (exact) mass is 614 g/mol. The van der Waals surface area contributed by atoms with E-state index in [0.717, 1.165) is 0 Å². The van der Waals surface area contributed by atoms with Gasteiger partial charge in [0.15, 0.2) is 5.78 Å². The summed E-state index contributed by atoms with van der Waals surface area (Å²) in [7, 11) is 0. The van der Waals surface area contributed by atoms with Gasteiger partial charge in [-0.05, 0) is 83.9 Å². The van der Waals surface area contributed by atoms with E-state index in [-0.39, 0.29) is 50.7 Å². The van der Waals surface area contributed by atoms with E-state index in [1.165, 1.54) is 72.8 Å². The van der Waals surface area contributed by atoms with Crippen LogP contribution in [-0.4, -0.2) is 41.6 Å². The second kappa shape index (κ2) is 12.1. The van der Waals surface area contributed by atoms with Crippen molar-refractivity contribution in [1.82, 2.24) is 0 Å². The number of allylic oxidation sites excluding steroid dienone is 2. The first-order valence-corrected chi connectivity index (χ1v) is 13.5. The molecule has 0 unspecified atom stereocenters. The minimum Gasteiger partial charge on any atom is -0.423 e. The standard InChI is InChI=1S/C35H18O11/c36-23(9-1-19-3-11-24(12-4-19)43-30(37)21-7-15-26-28(17-21)34(41)45-32(26)39)10-2-20-5-13-25(14-6-20)44-31(38)22-8-16-27-29(18-22)35(42)46-33(27)40/h1-18H/b9-1+,10-2+. The van der Waals surface area contributed by atoms with Gasteiger partial charge in [0.2, 0.25) is 0 Å². The quantitative estimate of drug-likeness (QED) is 0.113. The summed E-state index contributed by atoms with van der Waals surface area (Å²) >= 11 is 0. The average Bonchev–Trinajstić information content (AvgIpc) is 3.51. The van der Waals surface area contributed by atoms with Gasteiger partial charge in [0.1, 0.15) is 11.5 Å². The molecular formula is C35H18O11. The first-order chi connectivity index (χ1) is 22.1. The smallest absolute Gasteiger partial charge is 0.346 e. The molecule has 0 spiro atoms.